The molecule has 0 saturated carbocycles. The van der Waals surface area contributed by atoms with Crippen molar-refractivity contribution in [1.82, 2.24) is 4.98 Å². The predicted octanol–water partition coefficient (Wildman–Crippen LogP) is 3.65. The summed E-state index contributed by atoms with van der Waals surface area (Å²) in [5.74, 6) is -0.670. The van der Waals surface area contributed by atoms with Crippen LogP contribution < -0.4 is 5.32 Å². The second-order valence-corrected chi connectivity index (χ2v) is 5.28. The number of nitrogens with zero attached hydrogens (tertiary/aromatic N) is 1. The zero-order valence-electron chi connectivity index (χ0n) is 11.1. The molecule has 0 bridgehead atoms. The molecule has 1 aromatic carbocycles. The molecule has 0 fully saturated rings. The number of aliphatic hydroxyl groups is 1. The highest BCUT2D eigenvalue weighted by Crippen LogP contribution is 2.29. The van der Waals surface area contributed by atoms with Gasteiger partial charge < -0.3 is 15.5 Å². The lowest BCUT2D eigenvalue weighted by atomic mass is 10.1. The van der Waals surface area contributed by atoms with Crippen LogP contribution in [0.25, 0.3) is 0 Å². The SMILES string of the molecule is Cc1ncc(CO)c(CNc2cc(Cl)c(F)c(Cl)c2)c1O. The maximum Gasteiger partial charge on any atom is 0.160 e. The maximum absolute atomic E-state index is 13.3. The number of hydrogen-bond donors (Lipinski definition) is 3. The number of halogens is 3. The predicted molar refractivity (Wildman–Crippen MR) is 80.3 cm³/mol. The van der Waals surface area contributed by atoms with Crippen LogP contribution in [-0.4, -0.2) is 15.2 Å². The van der Waals surface area contributed by atoms with Crippen molar-refractivity contribution < 1.29 is 14.6 Å². The molecule has 1 heterocycles. The number of benzene rings is 1. The minimum absolute atomic E-state index is 0.00774. The lowest BCUT2D eigenvalue weighted by Gasteiger charge is -2.13. The number of hydrogen-bond acceptors (Lipinski definition) is 4. The molecule has 0 amide bonds. The van der Waals surface area contributed by atoms with Gasteiger partial charge in [-0.1, -0.05) is 23.2 Å². The first kappa shape index (κ1) is 15.8. The van der Waals surface area contributed by atoms with E-state index in [1.807, 2.05) is 0 Å². The molecule has 3 N–H and O–H groups in total. The number of pyridine rings is 1. The van der Waals surface area contributed by atoms with Gasteiger partial charge in [0.2, 0.25) is 0 Å². The number of rotatable bonds is 4. The Morgan fingerprint density at radius 3 is 2.48 bits per heavy atom. The summed E-state index contributed by atoms with van der Waals surface area (Å²) in [5.41, 5.74) is 1.98. The summed E-state index contributed by atoms with van der Waals surface area (Å²) in [6.45, 7) is 1.62. The van der Waals surface area contributed by atoms with Gasteiger partial charge in [-0.2, -0.15) is 0 Å². The fraction of sp³-hybridized carbons (Fsp3) is 0.214. The molecule has 0 atom stereocenters. The molecular formula is C14H13Cl2FN2O2. The molecule has 2 rings (SSSR count). The second kappa shape index (κ2) is 6.47. The fourth-order valence-electron chi connectivity index (χ4n) is 1.87. The van der Waals surface area contributed by atoms with E-state index in [1.165, 1.54) is 18.3 Å². The topological polar surface area (TPSA) is 65.4 Å². The summed E-state index contributed by atoms with van der Waals surface area (Å²) in [4.78, 5) is 3.98. The van der Waals surface area contributed by atoms with Gasteiger partial charge in [0.25, 0.3) is 0 Å². The quantitative estimate of drug-likeness (QED) is 0.749. The molecule has 112 valence electrons. The van der Waals surface area contributed by atoms with E-state index in [2.05, 4.69) is 10.3 Å². The second-order valence-electron chi connectivity index (χ2n) is 4.46. The first-order valence-corrected chi connectivity index (χ1v) is 6.85. The van der Waals surface area contributed by atoms with E-state index in [4.69, 9.17) is 23.2 Å². The minimum atomic E-state index is -0.678. The molecule has 0 aliphatic heterocycles. The van der Waals surface area contributed by atoms with Crippen LogP contribution in [0, 0.1) is 12.7 Å². The van der Waals surface area contributed by atoms with Crippen LogP contribution in [0.15, 0.2) is 18.3 Å². The molecule has 2 aromatic rings. The van der Waals surface area contributed by atoms with Gasteiger partial charge in [0.15, 0.2) is 5.82 Å². The van der Waals surface area contributed by atoms with Crippen molar-refractivity contribution in [2.45, 2.75) is 20.1 Å². The largest absolute Gasteiger partial charge is 0.506 e. The van der Waals surface area contributed by atoms with E-state index in [9.17, 15) is 14.6 Å². The van der Waals surface area contributed by atoms with Crippen molar-refractivity contribution in [3.63, 3.8) is 0 Å². The summed E-state index contributed by atoms with van der Waals surface area (Å²) in [5, 5.41) is 22.1. The molecule has 7 heteroatoms. The molecule has 0 saturated heterocycles. The smallest absolute Gasteiger partial charge is 0.160 e. The van der Waals surface area contributed by atoms with Crippen molar-refractivity contribution in [1.29, 1.82) is 0 Å². The van der Waals surface area contributed by atoms with Gasteiger partial charge in [-0.05, 0) is 19.1 Å². The summed E-state index contributed by atoms with van der Waals surface area (Å²) in [6, 6.07) is 2.79. The first-order valence-electron chi connectivity index (χ1n) is 6.09. The van der Waals surface area contributed by atoms with Gasteiger partial charge in [0.05, 0.1) is 22.3 Å². The average Bonchev–Trinajstić information content (AvgIpc) is 2.46. The highest BCUT2D eigenvalue weighted by atomic mass is 35.5. The summed E-state index contributed by atoms with van der Waals surface area (Å²) >= 11 is 11.4. The van der Waals surface area contributed by atoms with Crippen LogP contribution in [-0.2, 0) is 13.2 Å². The Kier molecular flexibility index (Phi) is 4.88. The van der Waals surface area contributed by atoms with Crippen LogP contribution >= 0.6 is 23.2 Å². The molecule has 0 unspecified atom stereocenters. The van der Waals surface area contributed by atoms with Crippen molar-refractivity contribution >= 4 is 28.9 Å². The Morgan fingerprint density at radius 2 is 1.90 bits per heavy atom. The van der Waals surface area contributed by atoms with Gasteiger partial charge in [-0.15, -0.1) is 0 Å². The Balaban J connectivity index is 2.26. The Hall–Kier alpha value is -1.56. The van der Waals surface area contributed by atoms with Crippen molar-refractivity contribution in [3.05, 3.63) is 51.0 Å². The summed E-state index contributed by atoms with van der Waals surface area (Å²) in [7, 11) is 0. The third-order valence-corrected chi connectivity index (χ3v) is 3.60. The first-order chi connectivity index (χ1) is 9.93. The Bertz CT molecular complexity index is 657. The van der Waals surface area contributed by atoms with Crippen molar-refractivity contribution in [3.8, 4) is 5.75 Å². The number of aromatic nitrogens is 1. The fourth-order valence-corrected chi connectivity index (χ4v) is 2.35. The lowest BCUT2D eigenvalue weighted by Crippen LogP contribution is -2.06. The number of aromatic hydroxyl groups is 1. The zero-order chi connectivity index (χ0) is 15.6. The minimum Gasteiger partial charge on any atom is -0.506 e. The van der Waals surface area contributed by atoms with Gasteiger partial charge in [-0.25, -0.2) is 4.39 Å². The highest BCUT2D eigenvalue weighted by Gasteiger charge is 2.12. The van der Waals surface area contributed by atoms with Crippen LogP contribution in [0.1, 0.15) is 16.8 Å². The Morgan fingerprint density at radius 1 is 1.29 bits per heavy atom. The van der Waals surface area contributed by atoms with Crippen LogP contribution in [0.2, 0.25) is 10.0 Å². The molecule has 0 spiro atoms. The molecule has 21 heavy (non-hydrogen) atoms. The number of aliphatic hydroxyl groups excluding tert-OH is 1. The number of nitrogens with one attached hydrogen (secondary N) is 1. The van der Waals surface area contributed by atoms with Gasteiger partial charge >= 0.3 is 0 Å². The number of anilines is 1. The van der Waals surface area contributed by atoms with Crippen molar-refractivity contribution in [2.75, 3.05) is 5.32 Å². The van der Waals surface area contributed by atoms with Crippen LogP contribution in [0.4, 0.5) is 10.1 Å². The Labute approximate surface area is 131 Å². The van der Waals surface area contributed by atoms with Crippen molar-refractivity contribution in [2.24, 2.45) is 0 Å². The van der Waals surface area contributed by atoms with Gasteiger partial charge in [0, 0.05) is 29.6 Å². The molecular weight excluding hydrogens is 318 g/mol. The lowest BCUT2D eigenvalue weighted by molar-refractivity contribution is 0.279. The number of aryl methyl sites for hydroxylation is 1. The molecule has 0 aliphatic carbocycles. The summed E-state index contributed by atoms with van der Waals surface area (Å²) < 4.78 is 13.3. The monoisotopic (exact) mass is 330 g/mol. The van der Waals surface area contributed by atoms with Gasteiger partial charge in [-0.3, -0.25) is 4.98 Å². The van der Waals surface area contributed by atoms with E-state index in [0.29, 0.717) is 22.5 Å². The highest BCUT2D eigenvalue weighted by molar-refractivity contribution is 6.35. The average molecular weight is 331 g/mol. The van der Waals surface area contributed by atoms with E-state index in [1.54, 1.807) is 6.92 Å². The third kappa shape index (κ3) is 3.37. The molecule has 0 radical (unpaired) electrons. The molecule has 4 nitrogen and oxygen atoms in total. The van der Waals surface area contributed by atoms with E-state index < -0.39 is 5.82 Å². The van der Waals surface area contributed by atoms with E-state index in [-0.39, 0.29) is 28.9 Å². The third-order valence-electron chi connectivity index (χ3n) is 3.05. The van der Waals surface area contributed by atoms with Crippen LogP contribution in [0.3, 0.4) is 0 Å². The van der Waals surface area contributed by atoms with Gasteiger partial charge in [0.1, 0.15) is 5.75 Å². The standard InChI is InChI=1S/C14H13Cl2FN2O2/c1-7-14(21)10(8(6-20)4-18-7)5-19-9-2-11(15)13(17)12(16)3-9/h2-4,19-21H,5-6H2,1H3. The zero-order valence-corrected chi connectivity index (χ0v) is 12.6. The van der Waals surface area contributed by atoms with Crippen LogP contribution in [0.5, 0.6) is 5.75 Å². The van der Waals surface area contributed by atoms with E-state index >= 15 is 0 Å². The van der Waals surface area contributed by atoms with E-state index in [0.717, 1.165) is 0 Å². The normalized spacial score (nSPS) is 10.7. The molecule has 0 aliphatic rings. The summed E-state index contributed by atoms with van der Waals surface area (Å²) in [6.07, 6.45) is 1.50. The molecule has 1 aromatic heterocycles. The maximum atomic E-state index is 13.3.